The van der Waals surface area contributed by atoms with E-state index in [1.54, 1.807) is 32.0 Å². The van der Waals surface area contributed by atoms with Crippen molar-refractivity contribution in [3.63, 3.8) is 0 Å². The first-order valence-corrected chi connectivity index (χ1v) is 21.4. The Balaban J connectivity index is 0.00000270. The van der Waals surface area contributed by atoms with Gasteiger partial charge in [0.2, 0.25) is 0 Å². The number of hydrogen-bond acceptors (Lipinski definition) is 0. The van der Waals surface area contributed by atoms with Gasteiger partial charge in [0.25, 0.3) is 0 Å². The summed E-state index contributed by atoms with van der Waals surface area (Å²) < 4.78 is 5.11. The predicted molar refractivity (Wildman–Crippen MR) is 202 cm³/mol. The fourth-order valence-electron chi connectivity index (χ4n) is 7.96. The summed E-state index contributed by atoms with van der Waals surface area (Å²) in [5.41, 5.74) is 17.7. The number of aryl methyl sites for hydroxylation is 2. The summed E-state index contributed by atoms with van der Waals surface area (Å²) in [6.07, 6.45) is 3.64. The Morgan fingerprint density at radius 2 is 1.22 bits per heavy atom. The SMILES string of the molecule is CC1=[C]([Zr+2](=[C](c2ccc(C)cc2)c2ccc(C)cc2)[c]2c(C(C)(C)C)ccc3c2Cc2cc(C(C)(C)C)ccc2-3)C(C)C=C1C(C)C.[Cl-].[Cl-]. The van der Waals surface area contributed by atoms with Crippen molar-refractivity contribution in [2.24, 2.45) is 11.8 Å². The van der Waals surface area contributed by atoms with Gasteiger partial charge in [-0.2, -0.15) is 0 Å². The molecule has 0 spiro atoms. The minimum Gasteiger partial charge on any atom is -1.00 e. The minimum absolute atomic E-state index is 0. The van der Waals surface area contributed by atoms with Crippen LogP contribution >= 0.6 is 0 Å². The number of fused-ring (bicyclic) bond motifs is 3. The Labute approximate surface area is 317 Å². The zero-order valence-electron chi connectivity index (χ0n) is 31.7. The molecule has 0 fully saturated rings. The first-order valence-electron chi connectivity index (χ1n) is 17.7. The smallest absolute Gasteiger partial charge is 1.00 e. The maximum absolute atomic E-state index is 2.96. The molecule has 49 heavy (non-hydrogen) atoms. The normalized spacial score (nSPS) is 15.2. The van der Waals surface area contributed by atoms with E-state index in [4.69, 9.17) is 0 Å². The van der Waals surface area contributed by atoms with Crippen LogP contribution in [-0.4, -0.2) is 3.21 Å². The molecule has 2 aliphatic carbocycles. The Morgan fingerprint density at radius 3 is 1.69 bits per heavy atom. The van der Waals surface area contributed by atoms with Gasteiger partial charge in [-0.3, -0.25) is 0 Å². The van der Waals surface area contributed by atoms with Crippen molar-refractivity contribution in [2.75, 3.05) is 0 Å². The standard InChI is InChI=1S/C21H25.C15H14.C10H15.2ClH.Zr/c1-20(2,3)16-7-9-18-14(12-16)11-15-13-17(21(4,5)6)8-10-19(15)18;1-12-3-7-14(8-4-12)11-15-9-5-13(2)6-10-15;1-7(2)10-6-8(3)5-9(10)4;;;/h7-10,12H,11H2,1-6H3;3-10H,1-2H3;6-8H,1-4H3;2*1H;/q;;;;;+2/p-2. The molecule has 0 nitrogen and oxygen atoms in total. The zero-order valence-corrected chi connectivity index (χ0v) is 35.7. The van der Waals surface area contributed by atoms with E-state index >= 15 is 0 Å². The van der Waals surface area contributed by atoms with Crippen LogP contribution in [0.15, 0.2) is 99.4 Å². The molecule has 0 heterocycles. The van der Waals surface area contributed by atoms with Crippen molar-refractivity contribution in [1.29, 1.82) is 0 Å². The second kappa shape index (κ2) is 14.7. The fraction of sp³-hybridized carbons (Fsp3) is 0.370. The number of benzene rings is 4. The van der Waals surface area contributed by atoms with Crippen LogP contribution in [0.2, 0.25) is 0 Å². The first kappa shape index (κ1) is 39.5. The van der Waals surface area contributed by atoms with E-state index in [0.717, 1.165) is 6.42 Å². The van der Waals surface area contributed by atoms with Crippen molar-refractivity contribution in [3.8, 4) is 11.1 Å². The predicted octanol–water partition coefficient (Wildman–Crippen LogP) is 5.50. The Kier molecular flexibility index (Phi) is 11.9. The molecule has 256 valence electrons. The summed E-state index contributed by atoms with van der Waals surface area (Å²) in [6, 6.07) is 31.3. The Hall–Kier alpha value is -2.31. The molecular weight excluding hydrogens is 715 g/mol. The van der Waals surface area contributed by atoms with E-state index in [0.29, 0.717) is 11.8 Å². The molecule has 0 bridgehead atoms. The van der Waals surface area contributed by atoms with Crippen LogP contribution in [0, 0.1) is 25.7 Å². The molecule has 0 saturated carbocycles. The average molecular weight is 769 g/mol. The Bertz CT molecular complexity index is 1910. The molecule has 0 aliphatic heterocycles. The van der Waals surface area contributed by atoms with Crippen molar-refractivity contribution in [2.45, 2.75) is 100 Å². The molecule has 6 rings (SSSR count). The topological polar surface area (TPSA) is 0 Å². The van der Waals surface area contributed by atoms with E-state index in [1.165, 1.54) is 44.5 Å². The molecule has 1 unspecified atom stereocenters. The monoisotopic (exact) mass is 766 g/mol. The number of allylic oxidation sites excluding steroid dienone is 4. The summed E-state index contributed by atoms with van der Waals surface area (Å²) in [5.74, 6) is 0.957. The third kappa shape index (κ3) is 7.52. The molecule has 0 aromatic heterocycles. The molecule has 0 saturated heterocycles. The van der Waals surface area contributed by atoms with Crippen LogP contribution in [0.5, 0.6) is 0 Å². The summed E-state index contributed by atoms with van der Waals surface area (Å²) in [7, 11) is 0. The summed E-state index contributed by atoms with van der Waals surface area (Å²) in [5, 5.41) is 0. The van der Waals surface area contributed by atoms with E-state index in [1.807, 2.05) is 0 Å². The molecule has 0 amide bonds. The van der Waals surface area contributed by atoms with E-state index in [-0.39, 0.29) is 35.6 Å². The first-order chi connectivity index (χ1) is 22.1. The third-order valence-electron chi connectivity index (χ3n) is 10.5. The number of rotatable bonds is 5. The van der Waals surface area contributed by atoms with Crippen molar-refractivity contribution in [3.05, 3.63) is 144 Å². The van der Waals surface area contributed by atoms with E-state index < -0.39 is 21.3 Å². The van der Waals surface area contributed by atoms with Gasteiger partial charge in [-0.1, -0.05) is 0 Å². The van der Waals surface area contributed by atoms with Gasteiger partial charge in [0.15, 0.2) is 0 Å². The van der Waals surface area contributed by atoms with Gasteiger partial charge < -0.3 is 24.8 Å². The van der Waals surface area contributed by atoms with Gasteiger partial charge in [-0.15, -0.1) is 0 Å². The summed E-state index contributed by atoms with van der Waals surface area (Å²) in [4.78, 5) is 0. The number of halogens is 2. The summed E-state index contributed by atoms with van der Waals surface area (Å²) in [6.45, 7) is 28.5. The van der Waals surface area contributed by atoms with E-state index in [9.17, 15) is 0 Å². The molecule has 4 aromatic carbocycles. The molecule has 1 atom stereocenters. The maximum atomic E-state index is 2.61. The van der Waals surface area contributed by atoms with Gasteiger partial charge in [-0.25, -0.2) is 0 Å². The quantitative estimate of drug-likeness (QED) is 0.222. The average Bonchev–Trinajstić information content (AvgIpc) is 3.52. The van der Waals surface area contributed by atoms with Crippen LogP contribution < -0.4 is 28.1 Å². The second-order valence-electron chi connectivity index (χ2n) is 16.6. The molecule has 0 radical (unpaired) electrons. The molecule has 2 aliphatic rings. The maximum Gasteiger partial charge on any atom is -1.00 e. The fourth-order valence-corrected chi connectivity index (χ4v) is 17.8. The van der Waals surface area contributed by atoms with Crippen LogP contribution in [0.1, 0.15) is 114 Å². The Morgan fingerprint density at radius 1 is 0.694 bits per heavy atom. The second-order valence-corrected chi connectivity index (χ2v) is 22.3. The largest absolute Gasteiger partial charge is 1.00 e. The van der Waals surface area contributed by atoms with Gasteiger partial charge in [-0.05, 0) is 0 Å². The third-order valence-corrected chi connectivity index (χ3v) is 19.2. The van der Waals surface area contributed by atoms with E-state index in [2.05, 4.69) is 168 Å². The van der Waals surface area contributed by atoms with Gasteiger partial charge in [0, 0.05) is 0 Å². The van der Waals surface area contributed by atoms with Crippen LogP contribution in [-0.2, 0) is 38.5 Å². The molecule has 3 heteroatoms. The summed E-state index contributed by atoms with van der Waals surface area (Å²) >= 11 is -2.96. The molecular formula is C46H54Cl2Zr. The van der Waals surface area contributed by atoms with Crippen molar-refractivity contribution in [1.82, 2.24) is 0 Å². The molecule has 4 aromatic rings. The van der Waals surface area contributed by atoms with Crippen LogP contribution in [0.4, 0.5) is 0 Å². The minimum atomic E-state index is -2.96. The van der Waals surface area contributed by atoms with Crippen LogP contribution in [0.25, 0.3) is 11.1 Å². The van der Waals surface area contributed by atoms with Gasteiger partial charge in [0.1, 0.15) is 0 Å². The zero-order chi connectivity index (χ0) is 34.0. The van der Waals surface area contributed by atoms with Crippen LogP contribution in [0.3, 0.4) is 0 Å². The van der Waals surface area contributed by atoms with Gasteiger partial charge in [0.05, 0.1) is 0 Å². The van der Waals surface area contributed by atoms with Crippen molar-refractivity contribution >= 4 is 6.48 Å². The number of hydrogen-bond donors (Lipinski definition) is 0. The molecule has 0 N–H and O–H groups in total. The van der Waals surface area contributed by atoms with Crippen molar-refractivity contribution < 1.29 is 46.1 Å². The van der Waals surface area contributed by atoms with Gasteiger partial charge >= 0.3 is 295 Å².